The number of non-ortho nitro benzene ring substituents is 1. The van der Waals surface area contributed by atoms with E-state index in [-0.39, 0.29) is 23.5 Å². The molecule has 1 aliphatic rings. The second-order valence-electron chi connectivity index (χ2n) is 6.36. The molecule has 1 saturated heterocycles. The molecule has 10 heteroatoms. The summed E-state index contributed by atoms with van der Waals surface area (Å²) in [5.74, 6) is -0.402. The molecular weight excluding hydrogens is 465 g/mol. The first-order valence-corrected chi connectivity index (χ1v) is 9.45. The zero-order chi connectivity index (χ0) is 19.6. The van der Waals surface area contributed by atoms with Gasteiger partial charge in [0.1, 0.15) is 0 Å². The van der Waals surface area contributed by atoms with Gasteiger partial charge in [-0.25, -0.2) is 0 Å². The van der Waals surface area contributed by atoms with Crippen molar-refractivity contribution >= 4 is 40.1 Å². The Bertz CT molecular complexity index is 889. The van der Waals surface area contributed by atoms with Crippen LogP contribution in [0.5, 0.6) is 0 Å². The van der Waals surface area contributed by atoms with Crippen LogP contribution in [0.1, 0.15) is 33.6 Å². The van der Waals surface area contributed by atoms with Gasteiger partial charge in [-0.3, -0.25) is 24.4 Å². The fraction of sp³-hybridized carbons (Fsp3) is 0.353. The molecule has 9 nitrogen and oxygen atoms in total. The van der Waals surface area contributed by atoms with E-state index in [9.17, 15) is 19.7 Å². The Morgan fingerprint density at radius 2 is 2.04 bits per heavy atom. The number of aryl methyl sites for hydroxylation is 1. The van der Waals surface area contributed by atoms with Crippen LogP contribution in [0.3, 0.4) is 0 Å². The normalized spacial score (nSPS) is 14.8. The van der Waals surface area contributed by atoms with Gasteiger partial charge in [-0.2, -0.15) is 5.10 Å². The molecule has 142 valence electrons. The van der Waals surface area contributed by atoms with E-state index >= 15 is 0 Å². The number of nitro benzene ring substituents is 1. The molecule has 2 heterocycles. The number of benzene rings is 1. The molecule has 0 saturated carbocycles. The van der Waals surface area contributed by atoms with Crippen molar-refractivity contribution in [3.8, 4) is 0 Å². The van der Waals surface area contributed by atoms with Crippen LogP contribution in [0.4, 0.5) is 5.69 Å². The van der Waals surface area contributed by atoms with E-state index in [1.807, 2.05) is 22.6 Å². The number of nitrogens with one attached hydrogen (secondary N) is 1. The number of aromatic nitrogens is 2. The average Bonchev–Trinajstić information content (AvgIpc) is 3.08. The van der Waals surface area contributed by atoms with Gasteiger partial charge in [0.2, 0.25) is 0 Å². The number of carbonyl (C=O) groups is 2. The summed E-state index contributed by atoms with van der Waals surface area (Å²) in [5.41, 5.74) is 0.738. The van der Waals surface area contributed by atoms with E-state index in [4.69, 9.17) is 0 Å². The molecule has 2 amide bonds. The zero-order valence-electron chi connectivity index (χ0n) is 14.6. The van der Waals surface area contributed by atoms with E-state index in [0.717, 1.165) is 0 Å². The summed E-state index contributed by atoms with van der Waals surface area (Å²) in [6, 6.07) is 4.26. The highest BCUT2D eigenvalue weighted by atomic mass is 127. The number of nitrogens with zero attached hydrogens (tertiary/aromatic N) is 4. The van der Waals surface area contributed by atoms with E-state index in [0.29, 0.717) is 40.6 Å². The van der Waals surface area contributed by atoms with Gasteiger partial charge in [-0.1, -0.05) is 0 Å². The second kappa shape index (κ2) is 8.03. The molecule has 0 radical (unpaired) electrons. The number of amides is 2. The van der Waals surface area contributed by atoms with Crippen LogP contribution in [0, 0.1) is 13.7 Å². The van der Waals surface area contributed by atoms with Crippen molar-refractivity contribution in [2.24, 2.45) is 7.05 Å². The quantitative estimate of drug-likeness (QED) is 0.406. The number of carbonyl (C=O) groups excluding carboxylic acids is 2. The number of hydrogen-bond acceptors (Lipinski definition) is 5. The smallest absolute Gasteiger partial charge is 0.270 e. The molecule has 0 aliphatic carbocycles. The van der Waals surface area contributed by atoms with Crippen LogP contribution in [-0.2, 0) is 7.05 Å². The standard InChI is InChI=1S/C17H18IN5O4/c1-21-10-11(9-19-21)16(24)20-12-4-6-22(7-5-12)17(25)14-8-13(23(26)27)2-3-15(14)18/h2-3,8-10,12H,4-7H2,1H3,(H,20,24). The largest absolute Gasteiger partial charge is 0.349 e. The summed E-state index contributed by atoms with van der Waals surface area (Å²) in [5, 5.41) is 17.9. The maximum absolute atomic E-state index is 12.7. The van der Waals surface area contributed by atoms with Gasteiger partial charge in [0.05, 0.1) is 22.2 Å². The van der Waals surface area contributed by atoms with Crippen LogP contribution in [0.15, 0.2) is 30.6 Å². The molecule has 2 aromatic rings. The molecule has 0 unspecified atom stereocenters. The molecule has 27 heavy (non-hydrogen) atoms. The van der Waals surface area contributed by atoms with Crippen molar-refractivity contribution in [3.05, 3.63) is 55.4 Å². The number of halogens is 1. The van der Waals surface area contributed by atoms with E-state index in [1.165, 1.54) is 18.3 Å². The summed E-state index contributed by atoms with van der Waals surface area (Å²) >= 11 is 2.01. The highest BCUT2D eigenvalue weighted by Gasteiger charge is 2.27. The van der Waals surface area contributed by atoms with Gasteiger partial charge in [0.25, 0.3) is 17.5 Å². The van der Waals surface area contributed by atoms with E-state index in [1.54, 1.807) is 28.9 Å². The first kappa shape index (κ1) is 19.3. The molecule has 1 aliphatic heterocycles. The van der Waals surface area contributed by atoms with Gasteiger partial charge in [0, 0.05) is 48.1 Å². The SMILES string of the molecule is Cn1cc(C(=O)NC2CCN(C(=O)c3cc([N+](=O)[O-])ccc3I)CC2)cn1. The Morgan fingerprint density at radius 3 is 2.63 bits per heavy atom. The van der Waals surface area contributed by atoms with Gasteiger partial charge in [-0.15, -0.1) is 0 Å². The predicted octanol–water partition coefficient (Wildman–Crippen LogP) is 1.97. The Kier molecular flexibility index (Phi) is 5.73. The zero-order valence-corrected chi connectivity index (χ0v) is 16.7. The highest BCUT2D eigenvalue weighted by molar-refractivity contribution is 14.1. The van der Waals surface area contributed by atoms with Crippen molar-refractivity contribution in [2.75, 3.05) is 13.1 Å². The summed E-state index contributed by atoms with van der Waals surface area (Å²) in [6.07, 6.45) is 4.42. The third kappa shape index (κ3) is 4.43. The molecule has 1 N–H and O–H groups in total. The lowest BCUT2D eigenvalue weighted by Crippen LogP contribution is -2.46. The first-order valence-electron chi connectivity index (χ1n) is 8.38. The second-order valence-corrected chi connectivity index (χ2v) is 7.53. The predicted molar refractivity (Wildman–Crippen MR) is 105 cm³/mol. The van der Waals surface area contributed by atoms with Crippen molar-refractivity contribution in [2.45, 2.75) is 18.9 Å². The molecule has 1 aromatic heterocycles. The number of likely N-dealkylation sites (tertiary alicyclic amines) is 1. The van der Waals surface area contributed by atoms with E-state index in [2.05, 4.69) is 10.4 Å². The monoisotopic (exact) mass is 483 g/mol. The topological polar surface area (TPSA) is 110 Å². The lowest BCUT2D eigenvalue weighted by atomic mass is 10.0. The van der Waals surface area contributed by atoms with Crippen molar-refractivity contribution < 1.29 is 14.5 Å². The summed E-state index contributed by atoms with van der Waals surface area (Å²) < 4.78 is 2.24. The van der Waals surface area contributed by atoms with Crippen LogP contribution >= 0.6 is 22.6 Å². The summed E-state index contributed by atoms with van der Waals surface area (Å²) in [7, 11) is 1.75. The van der Waals surface area contributed by atoms with Crippen LogP contribution in [-0.4, -0.2) is 50.5 Å². The van der Waals surface area contributed by atoms with Crippen molar-refractivity contribution in [3.63, 3.8) is 0 Å². The minimum Gasteiger partial charge on any atom is -0.349 e. The Morgan fingerprint density at radius 1 is 1.33 bits per heavy atom. The van der Waals surface area contributed by atoms with Gasteiger partial charge in [-0.05, 0) is 41.5 Å². The minimum atomic E-state index is -0.507. The lowest BCUT2D eigenvalue weighted by molar-refractivity contribution is -0.384. The van der Waals surface area contributed by atoms with E-state index < -0.39 is 4.92 Å². The number of nitro groups is 1. The maximum atomic E-state index is 12.7. The highest BCUT2D eigenvalue weighted by Crippen LogP contribution is 2.23. The molecule has 0 atom stereocenters. The van der Waals surface area contributed by atoms with Gasteiger partial charge in [0.15, 0.2) is 0 Å². The van der Waals surface area contributed by atoms with Crippen LogP contribution in [0.2, 0.25) is 0 Å². The first-order chi connectivity index (χ1) is 12.8. The third-order valence-electron chi connectivity index (χ3n) is 4.48. The lowest BCUT2D eigenvalue weighted by Gasteiger charge is -2.32. The third-order valence-corrected chi connectivity index (χ3v) is 5.42. The Labute approximate surface area is 169 Å². The molecule has 1 fully saturated rings. The average molecular weight is 483 g/mol. The fourth-order valence-corrected chi connectivity index (χ4v) is 3.56. The molecule has 0 bridgehead atoms. The Hall–Kier alpha value is -2.50. The van der Waals surface area contributed by atoms with Crippen LogP contribution < -0.4 is 5.32 Å². The van der Waals surface area contributed by atoms with Gasteiger partial charge >= 0.3 is 0 Å². The molecule has 3 rings (SSSR count). The number of hydrogen-bond donors (Lipinski definition) is 1. The molecule has 0 spiro atoms. The molecular formula is C17H18IN5O4. The van der Waals surface area contributed by atoms with Gasteiger partial charge < -0.3 is 10.2 Å². The number of piperidine rings is 1. The van der Waals surface area contributed by atoms with Crippen LogP contribution in [0.25, 0.3) is 0 Å². The maximum Gasteiger partial charge on any atom is 0.270 e. The fourth-order valence-electron chi connectivity index (χ4n) is 3.00. The van der Waals surface area contributed by atoms with Crippen molar-refractivity contribution in [1.82, 2.24) is 20.0 Å². The number of rotatable bonds is 4. The Balaban J connectivity index is 1.60. The minimum absolute atomic E-state index is 0.0223. The van der Waals surface area contributed by atoms with Crippen molar-refractivity contribution in [1.29, 1.82) is 0 Å². The summed E-state index contributed by atoms with van der Waals surface area (Å²) in [6.45, 7) is 0.963. The summed E-state index contributed by atoms with van der Waals surface area (Å²) in [4.78, 5) is 37.1. The molecule has 1 aromatic carbocycles.